The van der Waals surface area contributed by atoms with E-state index in [1.54, 1.807) is 12.4 Å². The maximum atomic E-state index is 14.8. The Labute approximate surface area is 200 Å². The van der Waals surface area contributed by atoms with Gasteiger partial charge in [0, 0.05) is 48.1 Å². The molecule has 7 rings (SSSR count). The molecule has 1 atom stereocenters. The Morgan fingerprint density at radius 1 is 1.03 bits per heavy atom. The second-order valence-electron chi connectivity index (χ2n) is 8.91. The number of fused-ring (bicyclic) bond motifs is 3. The van der Waals surface area contributed by atoms with E-state index < -0.39 is 0 Å². The normalized spacial score (nSPS) is 19.0. The highest BCUT2D eigenvalue weighted by molar-refractivity contribution is 5.82. The minimum atomic E-state index is -0.252. The summed E-state index contributed by atoms with van der Waals surface area (Å²) in [7, 11) is 0. The molecule has 3 aromatic heterocycles. The molecule has 1 fully saturated rings. The molecule has 0 aliphatic carbocycles. The molecule has 178 valence electrons. The van der Waals surface area contributed by atoms with Crippen molar-refractivity contribution in [1.29, 1.82) is 0 Å². The standard InChI is InChI=1S/C25H23FN6O3/c26-19-2-3-20-23-16(12-34-20)13-35-21-9-17(24-30-29-14-32(24)25(21)28-11-18(19)23)15-1-4-22(27-10-15)31-5-7-33-8-6-31/h1-4,9-10,14,16,28H,5-8,11-13H2/t16-/m1/s1. The van der Waals surface area contributed by atoms with Crippen LogP contribution in [0, 0.1) is 5.82 Å². The Hall–Kier alpha value is -3.92. The Bertz CT molecular complexity index is 1420. The van der Waals surface area contributed by atoms with Crippen LogP contribution >= 0.6 is 0 Å². The Morgan fingerprint density at radius 2 is 1.89 bits per heavy atom. The molecule has 6 heterocycles. The summed E-state index contributed by atoms with van der Waals surface area (Å²) in [6.07, 6.45) is 3.49. The van der Waals surface area contributed by atoms with Crippen molar-refractivity contribution in [2.24, 2.45) is 0 Å². The van der Waals surface area contributed by atoms with Gasteiger partial charge >= 0.3 is 0 Å². The summed E-state index contributed by atoms with van der Waals surface area (Å²) in [6, 6.07) is 9.18. The SMILES string of the molecule is Fc1ccc2c3c1CNc1c(cc(-c4ccc(N5CCOCC5)nc4)c4nncn14)OC[C@H]3CO2. The van der Waals surface area contributed by atoms with E-state index in [0.29, 0.717) is 55.8 Å². The van der Waals surface area contributed by atoms with Crippen LogP contribution in [0.25, 0.3) is 16.8 Å². The van der Waals surface area contributed by atoms with Crippen LogP contribution in [-0.2, 0) is 11.3 Å². The number of ether oxygens (including phenoxy) is 3. The maximum Gasteiger partial charge on any atom is 0.170 e. The van der Waals surface area contributed by atoms with E-state index in [2.05, 4.69) is 20.4 Å². The molecule has 3 aliphatic rings. The quantitative estimate of drug-likeness (QED) is 0.474. The highest BCUT2D eigenvalue weighted by atomic mass is 19.1. The van der Waals surface area contributed by atoms with Crippen molar-refractivity contribution in [1.82, 2.24) is 19.6 Å². The highest BCUT2D eigenvalue weighted by Gasteiger charge is 2.31. The smallest absolute Gasteiger partial charge is 0.170 e. The number of benzene rings is 1. The zero-order valence-corrected chi connectivity index (χ0v) is 18.9. The number of aromatic nitrogens is 4. The number of hydrogen-bond donors (Lipinski definition) is 1. The molecule has 0 saturated carbocycles. The third-order valence-corrected chi connectivity index (χ3v) is 6.91. The van der Waals surface area contributed by atoms with Crippen LogP contribution in [0.4, 0.5) is 16.0 Å². The summed E-state index contributed by atoms with van der Waals surface area (Å²) < 4.78 is 34.2. The van der Waals surface area contributed by atoms with E-state index in [4.69, 9.17) is 19.2 Å². The lowest BCUT2D eigenvalue weighted by atomic mass is 9.96. The summed E-state index contributed by atoms with van der Waals surface area (Å²) in [6.45, 7) is 4.22. The van der Waals surface area contributed by atoms with Crippen LogP contribution in [0.1, 0.15) is 17.0 Å². The van der Waals surface area contributed by atoms with E-state index in [-0.39, 0.29) is 11.7 Å². The van der Waals surface area contributed by atoms with Crippen molar-refractivity contribution in [3.8, 4) is 22.6 Å². The fourth-order valence-corrected chi connectivity index (χ4v) is 5.12. The van der Waals surface area contributed by atoms with Gasteiger partial charge in [-0.15, -0.1) is 10.2 Å². The minimum absolute atomic E-state index is 0.0435. The summed E-state index contributed by atoms with van der Waals surface area (Å²) in [4.78, 5) is 6.91. The van der Waals surface area contributed by atoms with Crippen molar-refractivity contribution in [2.75, 3.05) is 49.7 Å². The number of rotatable bonds is 2. The number of pyridine rings is 2. The Morgan fingerprint density at radius 3 is 2.71 bits per heavy atom. The van der Waals surface area contributed by atoms with Gasteiger partial charge in [-0.2, -0.15) is 0 Å². The molecular formula is C25H23FN6O3. The Balaban J connectivity index is 1.29. The van der Waals surface area contributed by atoms with Gasteiger partial charge in [0.2, 0.25) is 0 Å². The molecule has 0 bridgehead atoms. The first-order valence-electron chi connectivity index (χ1n) is 11.7. The molecule has 1 saturated heterocycles. The summed E-state index contributed by atoms with van der Waals surface area (Å²) in [5.41, 5.74) is 3.92. The van der Waals surface area contributed by atoms with E-state index in [9.17, 15) is 4.39 Å². The lowest BCUT2D eigenvalue weighted by Crippen LogP contribution is -2.36. The lowest BCUT2D eigenvalue weighted by Gasteiger charge is -2.27. The number of anilines is 2. The molecule has 0 radical (unpaired) electrons. The van der Waals surface area contributed by atoms with Crippen molar-refractivity contribution < 1.29 is 18.6 Å². The molecule has 0 amide bonds. The first-order valence-corrected chi connectivity index (χ1v) is 11.7. The predicted octanol–water partition coefficient (Wildman–Crippen LogP) is 3.25. The highest BCUT2D eigenvalue weighted by Crippen LogP contribution is 2.41. The first kappa shape index (κ1) is 20.5. The van der Waals surface area contributed by atoms with E-state index in [0.717, 1.165) is 41.3 Å². The largest absolute Gasteiger partial charge is 0.493 e. The second kappa shape index (κ2) is 8.09. The molecule has 4 aromatic rings. The average molecular weight is 474 g/mol. The van der Waals surface area contributed by atoms with Crippen molar-refractivity contribution in [3.63, 3.8) is 0 Å². The molecule has 1 aromatic carbocycles. The molecule has 0 unspecified atom stereocenters. The molecule has 9 nitrogen and oxygen atoms in total. The number of nitrogens with zero attached hydrogens (tertiary/aromatic N) is 5. The molecule has 10 heteroatoms. The van der Waals surface area contributed by atoms with E-state index >= 15 is 0 Å². The summed E-state index contributed by atoms with van der Waals surface area (Å²) >= 11 is 0. The second-order valence-corrected chi connectivity index (χ2v) is 8.91. The van der Waals surface area contributed by atoms with Gasteiger partial charge in [-0.05, 0) is 30.3 Å². The van der Waals surface area contributed by atoms with Gasteiger partial charge in [0.1, 0.15) is 23.7 Å². The number of nitrogens with one attached hydrogen (secondary N) is 1. The van der Waals surface area contributed by atoms with E-state index in [1.807, 2.05) is 28.8 Å². The van der Waals surface area contributed by atoms with Gasteiger partial charge in [-0.25, -0.2) is 9.37 Å². The number of morpholine rings is 1. The van der Waals surface area contributed by atoms with Crippen LogP contribution in [0.5, 0.6) is 11.5 Å². The van der Waals surface area contributed by atoms with E-state index in [1.165, 1.54) is 6.07 Å². The molecule has 0 spiro atoms. The van der Waals surface area contributed by atoms with Gasteiger partial charge in [0.05, 0.1) is 32.3 Å². The third kappa shape index (κ3) is 3.35. The first-order chi connectivity index (χ1) is 17.3. The van der Waals surface area contributed by atoms with Gasteiger partial charge < -0.3 is 24.4 Å². The van der Waals surface area contributed by atoms with Gasteiger partial charge in [0.15, 0.2) is 17.2 Å². The number of hydrogen-bond acceptors (Lipinski definition) is 8. The van der Waals surface area contributed by atoms with Crippen LogP contribution in [-0.4, -0.2) is 59.1 Å². The van der Waals surface area contributed by atoms with Gasteiger partial charge in [-0.3, -0.25) is 4.40 Å². The van der Waals surface area contributed by atoms with Gasteiger partial charge in [0.25, 0.3) is 0 Å². The van der Waals surface area contributed by atoms with Crippen molar-refractivity contribution in [3.05, 3.63) is 59.8 Å². The third-order valence-electron chi connectivity index (χ3n) is 6.91. The minimum Gasteiger partial charge on any atom is -0.493 e. The number of halogens is 1. The molecule has 35 heavy (non-hydrogen) atoms. The van der Waals surface area contributed by atoms with Crippen LogP contribution in [0.2, 0.25) is 0 Å². The Kier molecular flexibility index (Phi) is 4.73. The lowest BCUT2D eigenvalue weighted by molar-refractivity contribution is 0.122. The summed E-state index contributed by atoms with van der Waals surface area (Å²) in [5, 5.41) is 11.9. The topological polar surface area (TPSA) is 86.0 Å². The predicted molar refractivity (Wildman–Crippen MR) is 127 cm³/mol. The van der Waals surface area contributed by atoms with Crippen LogP contribution < -0.4 is 19.7 Å². The van der Waals surface area contributed by atoms with Crippen molar-refractivity contribution in [2.45, 2.75) is 12.5 Å². The zero-order valence-electron chi connectivity index (χ0n) is 18.9. The van der Waals surface area contributed by atoms with Gasteiger partial charge in [-0.1, -0.05) is 0 Å². The molecule has 3 aliphatic heterocycles. The monoisotopic (exact) mass is 474 g/mol. The fourth-order valence-electron chi connectivity index (χ4n) is 5.12. The average Bonchev–Trinajstić information content (AvgIpc) is 3.56. The van der Waals surface area contributed by atoms with Crippen LogP contribution in [0.15, 0.2) is 42.9 Å². The molecular weight excluding hydrogens is 451 g/mol. The fraction of sp³-hybridized carbons (Fsp3) is 0.320. The molecule has 1 N–H and O–H groups in total. The summed E-state index contributed by atoms with van der Waals surface area (Å²) in [5.74, 6) is 2.68. The van der Waals surface area contributed by atoms with Crippen molar-refractivity contribution >= 4 is 17.3 Å². The maximum absolute atomic E-state index is 14.8. The van der Waals surface area contributed by atoms with Crippen LogP contribution in [0.3, 0.4) is 0 Å². The zero-order chi connectivity index (χ0) is 23.4.